The van der Waals surface area contributed by atoms with Crippen LogP contribution in [0.2, 0.25) is 5.02 Å². The van der Waals surface area contributed by atoms with Crippen molar-refractivity contribution in [3.05, 3.63) is 47.1 Å². The monoisotopic (exact) mass is 267 g/mol. The maximum absolute atomic E-state index is 13.3. The van der Waals surface area contributed by atoms with Crippen molar-refractivity contribution in [1.29, 1.82) is 0 Å². The molecule has 2 aromatic rings. The zero-order valence-corrected chi connectivity index (χ0v) is 10.4. The van der Waals surface area contributed by atoms with Gasteiger partial charge < -0.3 is 10.1 Å². The van der Waals surface area contributed by atoms with Crippen LogP contribution in [-0.4, -0.2) is 17.1 Å². The van der Waals surface area contributed by atoms with Gasteiger partial charge in [-0.05, 0) is 18.2 Å². The van der Waals surface area contributed by atoms with Gasteiger partial charge in [0.1, 0.15) is 11.5 Å². The van der Waals surface area contributed by atoms with Crippen LogP contribution in [0.25, 0.3) is 0 Å². The van der Waals surface area contributed by atoms with Crippen LogP contribution in [0.5, 0.6) is 0 Å². The van der Waals surface area contributed by atoms with E-state index in [9.17, 15) is 4.39 Å². The quantitative estimate of drug-likeness (QED) is 0.924. The Morgan fingerprint density at radius 3 is 2.83 bits per heavy atom. The molecule has 0 saturated heterocycles. The highest BCUT2D eigenvalue weighted by atomic mass is 35.5. The second-order valence-electron chi connectivity index (χ2n) is 3.54. The predicted molar refractivity (Wildman–Crippen MR) is 67.4 cm³/mol. The van der Waals surface area contributed by atoms with Gasteiger partial charge in [-0.2, -0.15) is 0 Å². The summed E-state index contributed by atoms with van der Waals surface area (Å²) < 4.78 is 18.3. The first kappa shape index (κ1) is 12.7. The molecule has 1 N–H and O–H groups in total. The summed E-state index contributed by atoms with van der Waals surface area (Å²) in [5.74, 6) is 0.0416. The highest BCUT2D eigenvalue weighted by Gasteiger charge is 2.06. The molecule has 4 nitrogen and oxygen atoms in total. The van der Waals surface area contributed by atoms with Crippen LogP contribution < -0.4 is 5.32 Å². The molecule has 0 aliphatic carbocycles. The standard InChI is InChI=1S/C12H11ClFN3O/c1-18-7-11-12(16-5-4-15-11)17-8-2-3-9(13)10(14)6-8/h2-6H,7H2,1H3,(H,16,17). The first-order valence-corrected chi connectivity index (χ1v) is 5.59. The summed E-state index contributed by atoms with van der Waals surface area (Å²) in [7, 11) is 1.57. The van der Waals surface area contributed by atoms with Crippen molar-refractivity contribution in [1.82, 2.24) is 9.97 Å². The topological polar surface area (TPSA) is 47.0 Å². The minimum absolute atomic E-state index is 0.0804. The van der Waals surface area contributed by atoms with Crippen LogP contribution in [0.4, 0.5) is 15.9 Å². The zero-order chi connectivity index (χ0) is 13.0. The van der Waals surface area contributed by atoms with Crippen LogP contribution >= 0.6 is 11.6 Å². The second kappa shape index (κ2) is 5.75. The molecule has 1 heterocycles. The maximum atomic E-state index is 13.3. The van der Waals surface area contributed by atoms with E-state index in [0.29, 0.717) is 23.8 Å². The number of aromatic nitrogens is 2. The lowest BCUT2D eigenvalue weighted by molar-refractivity contribution is 0.182. The third-order valence-corrected chi connectivity index (χ3v) is 2.54. The molecule has 6 heteroatoms. The number of hydrogen-bond acceptors (Lipinski definition) is 4. The number of nitrogens with one attached hydrogen (secondary N) is 1. The van der Waals surface area contributed by atoms with Gasteiger partial charge in [-0.15, -0.1) is 0 Å². The first-order valence-electron chi connectivity index (χ1n) is 5.21. The van der Waals surface area contributed by atoms with E-state index >= 15 is 0 Å². The van der Waals surface area contributed by atoms with Crippen molar-refractivity contribution >= 4 is 23.1 Å². The Hall–Kier alpha value is -1.72. The normalized spacial score (nSPS) is 10.4. The molecule has 94 valence electrons. The summed E-state index contributed by atoms with van der Waals surface area (Å²) in [6, 6.07) is 4.44. The van der Waals surface area contributed by atoms with Gasteiger partial charge in [0, 0.05) is 25.2 Å². The smallest absolute Gasteiger partial charge is 0.154 e. The van der Waals surface area contributed by atoms with Crippen molar-refractivity contribution in [2.24, 2.45) is 0 Å². The number of methoxy groups -OCH3 is 1. The third-order valence-electron chi connectivity index (χ3n) is 2.24. The molecule has 1 aromatic heterocycles. The van der Waals surface area contributed by atoms with Crippen LogP contribution in [0.3, 0.4) is 0 Å². The number of rotatable bonds is 4. The molecular weight excluding hydrogens is 257 g/mol. The molecule has 0 unspecified atom stereocenters. The van der Waals surface area contributed by atoms with Crippen LogP contribution in [-0.2, 0) is 11.3 Å². The highest BCUT2D eigenvalue weighted by Crippen LogP contribution is 2.22. The fourth-order valence-corrected chi connectivity index (χ4v) is 1.54. The Balaban J connectivity index is 2.25. The summed E-state index contributed by atoms with van der Waals surface area (Å²) in [6.07, 6.45) is 3.12. The molecule has 0 bridgehead atoms. The van der Waals surface area contributed by atoms with Gasteiger partial charge >= 0.3 is 0 Å². The average molecular weight is 268 g/mol. The van der Waals surface area contributed by atoms with Gasteiger partial charge in [-0.3, -0.25) is 4.98 Å². The summed E-state index contributed by atoms with van der Waals surface area (Å²) in [6.45, 7) is 0.326. The summed E-state index contributed by atoms with van der Waals surface area (Å²) in [5.41, 5.74) is 1.20. The molecule has 2 rings (SSSR count). The molecule has 0 radical (unpaired) electrons. The maximum Gasteiger partial charge on any atom is 0.154 e. The molecule has 0 amide bonds. The van der Waals surface area contributed by atoms with Crippen LogP contribution in [0.15, 0.2) is 30.6 Å². The first-order chi connectivity index (χ1) is 8.70. The van der Waals surface area contributed by atoms with E-state index in [1.54, 1.807) is 25.6 Å². The molecule has 0 saturated carbocycles. The van der Waals surface area contributed by atoms with Gasteiger partial charge in [-0.1, -0.05) is 11.6 Å². The lowest BCUT2D eigenvalue weighted by Gasteiger charge is -2.09. The lowest BCUT2D eigenvalue weighted by Crippen LogP contribution is -2.02. The van der Waals surface area contributed by atoms with Crippen molar-refractivity contribution in [3.63, 3.8) is 0 Å². The minimum Gasteiger partial charge on any atom is -0.378 e. The van der Waals surface area contributed by atoms with E-state index in [1.165, 1.54) is 12.1 Å². The number of hydrogen-bond donors (Lipinski definition) is 1. The average Bonchev–Trinajstić information content (AvgIpc) is 2.37. The fraction of sp³-hybridized carbons (Fsp3) is 0.167. The highest BCUT2D eigenvalue weighted by molar-refractivity contribution is 6.30. The van der Waals surface area contributed by atoms with Crippen molar-refractivity contribution in [2.75, 3.05) is 12.4 Å². The Morgan fingerprint density at radius 2 is 2.11 bits per heavy atom. The summed E-state index contributed by atoms with van der Waals surface area (Å²) >= 11 is 5.61. The van der Waals surface area contributed by atoms with Crippen molar-refractivity contribution in [2.45, 2.75) is 6.61 Å². The number of anilines is 2. The van der Waals surface area contributed by atoms with E-state index in [1.807, 2.05) is 0 Å². The number of ether oxygens (including phenoxy) is 1. The largest absolute Gasteiger partial charge is 0.378 e. The van der Waals surface area contributed by atoms with E-state index < -0.39 is 5.82 Å². The molecule has 0 atom stereocenters. The van der Waals surface area contributed by atoms with Crippen LogP contribution in [0, 0.1) is 5.82 Å². The number of benzene rings is 1. The Morgan fingerprint density at radius 1 is 1.33 bits per heavy atom. The third kappa shape index (κ3) is 2.94. The molecule has 0 spiro atoms. The lowest BCUT2D eigenvalue weighted by atomic mass is 10.3. The molecule has 0 fully saturated rings. The van der Waals surface area contributed by atoms with Gasteiger partial charge in [-0.25, -0.2) is 9.37 Å². The van der Waals surface area contributed by atoms with Gasteiger partial charge in [0.15, 0.2) is 5.82 Å². The van der Waals surface area contributed by atoms with Crippen LogP contribution in [0.1, 0.15) is 5.69 Å². The predicted octanol–water partition coefficient (Wildman–Crippen LogP) is 3.16. The molecule has 1 aromatic carbocycles. The second-order valence-corrected chi connectivity index (χ2v) is 3.95. The Bertz CT molecular complexity index is 551. The van der Waals surface area contributed by atoms with Crippen molar-refractivity contribution in [3.8, 4) is 0 Å². The zero-order valence-electron chi connectivity index (χ0n) is 9.65. The SMILES string of the molecule is COCc1nccnc1Nc1ccc(Cl)c(F)c1. The van der Waals surface area contributed by atoms with Gasteiger partial charge in [0.25, 0.3) is 0 Å². The molecule has 18 heavy (non-hydrogen) atoms. The number of nitrogens with zero attached hydrogens (tertiary/aromatic N) is 2. The Kier molecular flexibility index (Phi) is 4.07. The van der Waals surface area contributed by atoms with E-state index in [2.05, 4.69) is 15.3 Å². The van der Waals surface area contributed by atoms with Gasteiger partial charge in [0.05, 0.1) is 11.6 Å². The molecular formula is C12H11ClFN3O. The Labute approximate surface area is 109 Å². The van der Waals surface area contributed by atoms with E-state index in [4.69, 9.17) is 16.3 Å². The fourth-order valence-electron chi connectivity index (χ4n) is 1.42. The summed E-state index contributed by atoms with van der Waals surface area (Å²) in [5, 5.41) is 3.05. The van der Waals surface area contributed by atoms with E-state index in [0.717, 1.165) is 0 Å². The summed E-state index contributed by atoms with van der Waals surface area (Å²) in [4.78, 5) is 8.27. The molecule has 0 aliphatic heterocycles. The minimum atomic E-state index is -0.487. The van der Waals surface area contributed by atoms with E-state index in [-0.39, 0.29) is 5.02 Å². The van der Waals surface area contributed by atoms with Crippen molar-refractivity contribution < 1.29 is 9.13 Å². The number of halogens is 2. The molecule has 0 aliphatic rings. The van der Waals surface area contributed by atoms with Gasteiger partial charge in [0.2, 0.25) is 0 Å².